The third kappa shape index (κ3) is 5.74. The predicted octanol–water partition coefficient (Wildman–Crippen LogP) is 7.82. The van der Waals surface area contributed by atoms with E-state index in [2.05, 4.69) is 50.2 Å². The molecule has 0 atom stereocenters. The van der Waals surface area contributed by atoms with Gasteiger partial charge in [-0.05, 0) is 61.4 Å². The normalized spacial score (nSPS) is 10.8. The Balaban J connectivity index is 1.66. The molecule has 4 nitrogen and oxygen atoms in total. The fourth-order valence-electron chi connectivity index (χ4n) is 3.42. The average molecular weight is 461 g/mol. The van der Waals surface area contributed by atoms with Gasteiger partial charge in [0, 0.05) is 16.5 Å². The molecule has 0 aliphatic carbocycles. The highest BCUT2D eigenvalue weighted by Crippen LogP contribution is 2.47. The van der Waals surface area contributed by atoms with Crippen LogP contribution in [0.15, 0.2) is 66.7 Å². The second-order valence-electron chi connectivity index (χ2n) is 7.86. The topological polar surface area (TPSA) is 44.8 Å². The number of carbonyl (C=O) groups is 1. The highest BCUT2D eigenvalue weighted by Gasteiger charge is 2.17. The minimum atomic E-state index is 0.374. The van der Waals surface area contributed by atoms with Gasteiger partial charge in [0.25, 0.3) is 0 Å². The van der Waals surface area contributed by atoms with Crippen LogP contribution in [0.2, 0.25) is 0 Å². The monoisotopic (exact) mass is 460 g/mol. The van der Waals surface area contributed by atoms with Crippen molar-refractivity contribution in [1.82, 2.24) is 0 Å². The number of aldehydes is 1. The third-order valence-electron chi connectivity index (χ3n) is 5.24. The number of ether oxygens (including phenoxy) is 3. The van der Waals surface area contributed by atoms with E-state index in [1.54, 1.807) is 11.3 Å². The van der Waals surface area contributed by atoms with E-state index in [4.69, 9.17) is 14.2 Å². The number of benzene rings is 3. The number of rotatable bonds is 11. The Labute approximate surface area is 198 Å². The van der Waals surface area contributed by atoms with Crippen molar-refractivity contribution in [2.24, 2.45) is 0 Å². The second kappa shape index (κ2) is 11.0. The maximum atomic E-state index is 10.5. The molecule has 0 saturated carbocycles. The van der Waals surface area contributed by atoms with Crippen molar-refractivity contribution >= 4 is 27.7 Å². The van der Waals surface area contributed by atoms with Crippen LogP contribution in [0.25, 0.3) is 20.5 Å². The van der Waals surface area contributed by atoms with Gasteiger partial charge in [-0.1, -0.05) is 43.2 Å². The molecular weight excluding hydrogens is 432 g/mol. The van der Waals surface area contributed by atoms with Gasteiger partial charge in [0.1, 0.15) is 23.5 Å². The Kier molecular flexibility index (Phi) is 7.63. The molecule has 33 heavy (non-hydrogen) atoms. The van der Waals surface area contributed by atoms with E-state index in [0.717, 1.165) is 63.5 Å². The highest BCUT2D eigenvalue weighted by atomic mass is 32.1. The van der Waals surface area contributed by atoms with Crippen LogP contribution in [0.5, 0.6) is 23.0 Å². The first-order chi connectivity index (χ1) is 16.2. The summed E-state index contributed by atoms with van der Waals surface area (Å²) >= 11 is 1.71. The number of aryl methyl sites for hydroxylation is 1. The molecule has 0 fully saturated rings. The zero-order valence-corrected chi connectivity index (χ0v) is 19.8. The summed E-state index contributed by atoms with van der Waals surface area (Å²) in [6, 6.07) is 22.2. The molecule has 0 amide bonds. The van der Waals surface area contributed by atoms with Crippen LogP contribution in [0.1, 0.15) is 31.7 Å². The molecule has 0 aliphatic rings. The molecular formula is C28H28O4S. The van der Waals surface area contributed by atoms with Crippen molar-refractivity contribution in [3.8, 4) is 33.4 Å². The fraction of sp³-hybridized carbons (Fsp3) is 0.250. The molecule has 0 saturated heterocycles. The zero-order valence-electron chi connectivity index (χ0n) is 19.0. The quantitative estimate of drug-likeness (QED) is 0.169. The first kappa shape index (κ1) is 22.9. The highest BCUT2D eigenvalue weighted by molar-refractivity contribution is 7.22. The molecule has 4 aromatic rings. The molecule has 170 valence electrons. The van der Waals surface area contributed by atoms with Crippen molar-refractivity contribution in [1.29, 1.82) is 0 Å². The van der Waals surface area contributed by atoms with E-state index < -0.39 is 0 Å². The lowest BCUT2D eigenvalue weighted by molar-refractivity contribution is -0.108. The lowest BCUT2D eigenvalue weighted by Crippen LogP contribution is -1.97. The smallest absolute Gasteiger partial charge is 0.153 e. The molecule has 0 N–H and O–H groups in total. The average Bonchev–Trinajstić information content (AvgIpc) is 3.18. The summed E-state index contributed by atoms with van der Waals surface area (Å²) in [7, 11) is 0. The van der Waals surface area contributed by atoms with Crippen molar-refractivity contribution in [2.45, 2.75) is 33.1 Å². The summed E-state index contributed by atoms with van der Waals surface area (Å²) in [5.74, 6) is 3.17. The predicted molar refractivity (Wildman–Crippen MR) is 135 cm³/mol. The number of hydrogen-bond acceptors (Lipinski definition) is 5. The molecule has 4 rings (SSSR count). The van der Waals surface area contributed by atoms with Gasteiger partial charge in [0.15, 0.2) is 5.75 Å². The van der Waals surface area contributed by atoms with Gasteiger partial charge >= 0.3 is 0 Å². The van der Waals surface area contributed by atoms with Crippen LogP contribution in [-0.4, -0.2) is 19.5 Å². The second-order valence-corrected chi connectivity index (χ2v) is 8.92. The van der Waals surface area contributed by atoms with Gasteiger partial charge in [0.2, 0.25) is 0 Å². The van der Waals surface area contributed by atoms with Crippen LogP contribution in [-0.2, 0) is 4.79 Å². The van der Waals surface area contributed by atoms with E-state index in [9.17, 15) is 4.79 Å². The molecule has 0 aliphatic heterocycles. The van der Waals surface area contributed by atoms with E-state index >= 15 is 0 Å². The minimum absolute atomic E-state index is 0.374. The molecule has 1 aromatic heterocycles. The maximum absolute atomic E-state index is 10.5. The molecule has 0 spiro atoms. The summed E-state index contributed by atoms with van der Waals surface area (Å²) in [4.78, 5) is 11.6. The first-order valence-electron chi connectivity index (χ1n) is 11.3. The standard InChI is InChI=1S/C28H28O4S/c1-3-4-17-31-24-14-15-25-26(19-24)33-28(21-8-6-20(2)7-9-21)27(25)32-23-12-10-22(11-13-23)30-18-5-16-29/h6-16,19H,3-5,17-18H2,1-2H3. The minimum Gasteiger partial charge on any atom is -0.494 e. The summed E-state index contributed by atoms with van der Waals surface area (Å²) in [5.41, 5.74) is 2.35. The maximum Gasteiger partial charge on any atom is 0.153 e. The molecule has 0 unspecified atom stereocenters. The van der Waals surface area contributed by atoms with Crippen molar-refractivity contribution in [3.63, 3.8) is 0 Å². The Morgan fingerprint density at radius 2 is 1.55 bits per heavy atom. The van der Waals surface area contributed by atoms with Gasteiger partial charge in [-0.2, -0.15) is 0 Å². The number of hydrogen-bond donors (Lipinski definition) is 0. The Morgan fingerprint density at radius 1 is 0.848 bits per heavy atom. The van der Waals surface area contributed by atoms with Crippen molar-refractivity contribution < 1.29 is 19.0 Å². The molecule has 3 aromatic carbocycles. The van der Waals surface area contributed by atoms with E-state index in [0.29, 0.717) is 18.8 Å². The van der Waals surface area contributed by atoms with Crippen LogP contribution >= 0.6 is 11.3 Å². The molecule has 5 heteroatoms. The van der Waals surface area contributed by atoms with Crippen molar-refractivity contribution in [3.05, 3.63) is 72.3 Å². The Bertz CT molecular complexity index is 1190. The largest absolute Gasteiger partial charge is 0.494 e. The first-order valence-corrected chi connectivity index (χ1v) is 12.1. The molecule has 0 radical (unpaired) electrons. The fourth-order valence-corrected chi connectivity index (χ4v) is 4.58. The van der Waals surface area contributed by atoms with Crippen LogP contribution in [0.4, 0.5) is 0 Å². The van der Waals surface area contributed by atoms with E-state index in [-0.39, 0.29) is 0 Å². The summed E-state index contributed by atoms with van der Waals surface area (Å²) in [6.07, 6.45) is 3.38. The summed E-state index contributed by atoms with van der Waals surface area (Å²) < 4.78 is 19.0. The summed E-state index contributed by atoms with van der Waals surface area (Å²) in [5, 5.41) is 1.06. The van der Waals surface area contributed by atoms with Gasteiger partial charge in [-0.25, -0.2) is 0 Å². The van der Waals surface area contributed by atoms with Crippen LogP contribution in [0.3, 0.4) is 0 Å². The van der Waals surface area contributed by atoms with Crippen molar-refractivity contribution in [2.75, 3.05) is 13.2 Å². The van der Waals surface area contributed by atoms with Crippen LogP contribution < -0.4 is 14.2 Å². The summed E-state index contributed by atoms with van der Waals surface area (Å²) in [6.45, 7) is 5.35. The number of carbonyl (C=O) groups excluding carboxylic acids is 1. The molecule has 0 bridgehead atoms. The number of fused-ring (bicyclic) bond motifs is 1. The lowest BCUT2D eigenvalue weighted by Gasteiger charge is -2.10. The van der Waals surface area contributed by atoms with Gasteiger partial charge in [0.05, 0.1) is 18.1 Å². The number of thiophene rings is 1. The SMILES string of the molecule is CCCCOc1ccc2c(Oc3ccc(OCCC=O)cc3)c(-c3ccc(C)cc3)sc2c1. The lowest BCUT2D eigenvalue weighted by atomic mass is 10.1. The van der Waals surface area contributed by atoms with Gasteiger partial charge in [-0.3, -0.25) is 0 Å². The number of unbranched alkanes of at least 4 members (excludes halogenated alkanes) is 1. The Hall–Kier alpha value is -3.31. The van der Waals surface area contributed by atoms with E-state index in [1.165, 1.54) is 5.56 Å². The van der Waals surface area contributed by atoms with Gasteiger partial charge < -0.3 is 19.0 Å². The third-order valence-corrected chi connectivity index (χ3v) is 6.43. The Morgan fingerprint density at radius 3 is 2.27 bits per heavy atom. The zero-order chi connectivity index (χ0) is 23.0. The van der Waals surface area contributed by atoms with Gasteiger partial charge in [-0.15, -0.1) is 11.3 Å². The van der Waals surface area contributed by atoms with Crippen LogP contribution in [0, 0.1) is 6.92 Å². The van der Waals surface area contributed by atoms with E-state index in [1.807, 2.05) is 30.3 Å². The molecule has 1 heterocycles.